The van der Waals surface area contributed by atoms with E-state index >= 15 is 0 Å². The molecule has 3 heteroatoms. The van der Waals surface area contributed by atoms with E-state index in [4.69, 9.17) is 0 Å². The van der Waals surface area contributed by atoms with E-state index in [1.165, 1.54) is 18.2 Å². The van der Waals surface area contributed by atoms with Gasteiger partial charge in [-0.05, 0) is 73.3 Å². The van der Waals surface area contributed by atoms with Gasteiger partial charge in [-0.1, -0.05) is 19.1 Å². The number of benzene rings is 2. The maximum absolute atomic E-state index is 13.5. The minimum Gasteiger partial charge on any atom is -0.310 e. The van der Waals surface area contributed by atoms with Gasteiger partial charge in [-0.25, -0.2) is 8.78 Å². The summed E-state index contributed by atoms with van der Waals surface area (Å²) in [5, 5.41) is 3.40. The van der Waals surface area contributed by atoms with Gasteiger partial charge in [0.25, 0.3) is 0 Å². The van der Waals surface area contributed by atoms with Crippen LogP contribution in [0.5, 0.6) is 0 Å². The van der Waals surface area contributed by atoms with Crippen molar-refractivity contribution in [3.63, 3.8) is 0 Å². The largest absolute Gasteiger partial charge is 0.310 e. The molecule has 1 nitrogen and oxygen atoms in total. The van der Waals surface area contributed by atoms with E-state index in [9.17, 15) is 8.78 Å². The molecule has 1 N–H and O–H groups in total. The number of nitrogens with one attached hydrogen (secondary N) is 1. The summed E-state index contributed by atoms with van der Waals surface area (Å²) in [6, 6.07) is 9.71. The van der Waals surface area contributed by atoms with Crippen molar-refractivity contribution in [1.29, 1.82) is 0 Å². The lowest BCUT2D eigenvalue weighted by Gasteiger charge is -2.21. The summed E-state index contributed by atoms with van der Waals surface area (Å²) in [5.41, 5.74) is 4.01. The predicted molar refractivity (Wildman–Crippen MR) is 82.4 cm³/mol. The van der Waals surface area contributed by atoms with E-state index in [-0.39, 0.29) is 17.7 Å². The van der Waals surface area contributed by atoms with Gasteiger partial charge in [0.1, 0.15) is 11.6 Å². The SMILES string of the molecule is CCNC(Cc1ccc(F)cc1C)c1cc(F)ccc1C. The van der Waals surface area contributed by atoms with E-state index < -0.39 is 0 Å². The molecule has 0 aliphatic carbocycles. The topological polar surface area (TPSA) is 12.0 Å². The molecule has 112 valence electrons. The van der Waals surface area contributed by atoms with Crippen molar-refractivity contribution in [1.82, 2.24) is 5.32 Å². The Hall–Kier alpha value is -1.74. The second kappa shape index (κ2) is 6.81. The van der Waals surface area contributed by atoms with Crippen molar-refractivity contribution in [2.45, 2.75) is 33.2 Å². The lowest BCUT2D eigenvalue weighted by atomic mass is 9.93. The fraction of sp³-hybridized carbons (Fsp3) is 0.333. The van der Waals surface area contributed by atoms with Crippen LogP contribution in [-0.4, -0.2) is 6.54 Å². The first kappa shape index (κ1) is 15.6. The van der Waals surface area contributed by atoms with Crippen molar-refractivity contribution in [2.75, 3.05) is 6.54 Å². The highest BCUT2D eigenvalue weighted by Gasteiger charge is 2.15. The van der Waals surface area contributed by atoms with E-state index in [1.54, 1.807) is 12.1 Å². The molecular formula is C18H21F2N. The number of halogens is 2. The summed E-state index contributed by atoms with van der Waals surface area (Å²) in [6.07, 6.45) is 0.713. The molecule has 1 atom stereocenters. The van der Waals surface area contributed by atoms with Gasteiger partial charge in [-0.2, -0.15) is 0 Å². The van der Waals surface area contributed by atoms with Crippen LogP contribution in [0.15, 0.2) is 36.4 Å². The van der Waals surface area contributed by atoms with E-state index in [2.05, 4.69) is 5.32 Å². The normalized spacial score (nSPS) is 12.4. The van der Waals surface area contributed by atoms with Gasteiger partial charge >= 0.3 is 0 Å². The van der Waals surface area contributed by atoms with Crippen LogP contribution >= 0.6 is 0 Å². The highest BCUT2D eigenvalue weighted by molar-refractivity contribution is 5.33. The van der Waals surface area contributed by atoms with Gasteiger partial charge in [0.05, 0.1) is 0 Å². The maximum Gasteiger partial charge on any atom is 0.123 e. The first-order valence-electron chi connectivity index (χ1n) is 7.25. The van der Waals surface area contributed by atoms with Crippen molar-refractivity contribution in [2.24, 2.45) is 0 Å². The lowest BCUT2D eigenvalue weighted by molar-refractivity contribution is 0.538. The molecule has 0 fully saturated rings. The number of aryl methyl sites for hydroxylation is 2. The third-order valence-electron chi connectivity index (χ3n) is 3.80. The average molecular weight is 289 g/mol. The molecule has 2 rings (SSSR count). The standard InChI is InChI=1S/C18H21F2N/c1-4-21-18(17-11-16(20)7-5-12(17)2)10-14-6-8-15(19)9-13(14)3/h5-9,11,18,21H,4,10H2,1-3H3. The highest BCUT2D eigenvalue weighted by Crippen LogP contribution is 2.24. The molecule has 0 radical (unpaired) electrons. The van der Waals surface area contributed by atoms with Gasteiger partial charge in [0.15, 0.2) is 0 Å². The maximum atomic E-state index is 13.5. The summed E-state index contributed by atoms with van der Waals surface area (Å²) < 4.78 is 26.7. The van der Waals surface area contributed by atoms with E-state index in [1.807, 2.05) is 26.8 Å². The van der Waals surface area contributed by atoms with Crippen molar-refractivity contribution in [3.05, 3.63) is 70.3 Å². The first-order chi connectivity index (χ1) is 10.0. The average Bonchev–Trinajstić information content (AvgIpc) is 2.44. The summed E-state index contributed by atoms with van der Waals surface area (Å²) in [5.74, 6) is -0.451. The molecule has 1 unspecified atom stereocenters. The molecule has 0 aromatic heterocycles. The highest BCUT2D eigenvalue weighted by atomic mass is 19.1. The molecular weight excluding hydrogens is 268 g/mol. The minimum atomic E-state index is -0.227. The zero-order chi connectivity index (χ0) is 15.4. The van der Waals surface area contributed by atoms with Crippen LogP contribution in [0.2, 0.25) is 0 Å². The van der Waals surface area contributed by atoms with E-state index in [0.29, 0.717) is 6.42 Å². The van der Waals surface area contributed by atoms with Crippen LogP contribution in [0.3, 0.4) is 0 Å². The Kier molecular flexibility index (Phi) is 5.07. The fourth-order valence-electron chi connectivity index (χ4n) is 2.63. The monoisotopic (exact) mass is 289 g/mol. The Balaban J connectivity index is 2.32. The molecule has 2 aromatic rings. The minimum absolute atomic E-state index is 0.0230. The van der Waals surface area contributed by atoms with Crippen LogP contribution < -0.4 is 5.32 Å². The van der Waals surface area contributed by atoms with Crippen molar-refractivity contribution < 1.29 is 8.78 Å². The molecule has 2 aromatic carbocycles. The van der Waals surface area contributed by atoms with Crippen molar-refractivity contribution >= 4 is 0 Å². The lowest BCUT2D eigenvalue weighted by Crippen LogP contribution is -2.24. The van der Waals surface area contributed by atoms with Crippen LogP contribution in [0, 0.1) is 25.5 Å². The smallest absolute Gasteiger partial charge is 0.123 e. The number of hydrogen-bond donors (Lipinski definition) is 1. The molecule has 0 spiro atoms. The van der Waals surface area contributed by atoms with Crippen LogP contribution in [0.1, 0.15) is 35.2 Å². The second-order valence-electron chi connectivity index (χ2n) is 5.39. The molecule has 0 amide bonds. The first-order valence-corrected chi connectivity index (χ1v) is 7.25. The molecule has 0 aliphatic rings. The zero-order valence-electron chi connectivity index (χ0n) is 12.7. The summed E-state index contributed by atoms with van der Waals surface area (Å²) in [7, 11) is 0. The van der Waals surface area contributed by atoms with Gasteiger partial charge < -0.3 is 5.32 Å². The molecule has 0 saturated heterocycles. The number of likely N-dealkylation sites (N-methyl/N-ethyl adjacent to an activating group) is 1. The Morgan fingerprint density at radius 1 is 0.952 bits per heavy atom. The Bertz CT molecular complexity index is 623. The number of rotatable bonds is 5. The van der Waals surface area contributed by atoms with Gasteiger partial charge in [-0.3, -0.25) is 0 Å². The molecule has 0 aliphatic heterocycles. The third kappa shape index (κ3) is 3.88. The third-order valence-corrected chi connectivity index (χ3v) is 3.80. The van der Waals surface area contributed by atoms with Crippen molar-refractivity contribution in [3.8, 4) is 0 Å². The number of hydrogen-bond acceptors (Lipinski definition) is 1. The zero-order valence-corrected chi connectivity index (χ0v) is 12.7. The summed E-state index contributed by atoms with van der Waals surface area (Å²) in [6.45, 7) is 6.70. The van der Waals surface area contributed by atoms with E-state index in [0.717, 1.165) is 28.8 Å². The van der Waals surface area contributed by atoms with Gasteiger partial charge in [-0.15, -0.1) is 0 Å². The van der Waals surface area contributed by atoms with Crippen LogP contribution in [-0.2, 0) is 6.42 Å². The molecule has 0 heterocycles. The Labute approximate surface area is 125 Å². The molecule has 0 bridgehead atoms. The molecule has 0 saturated carbocycles. The van der Waals surface area contributed by atoms with Gasteiger partial charge in [0.2, 0.25) is 0 Å². The van der Waals surface area contributed by atoms with Crippen LogP contribution in [0.25, 0.3) is 0 Å². The fourth-order valence-corrected chi connectivity index (χ4v) is 2.63. The van der Waals surface area contributed by atoms with Crippen LogP contribution in [0.4, 0.5) is 8.78 Å². The predicted octanol–water partition coefficient (Wildman–Crippen LogP) is 4.47. The quantitative estimate of drug-likeness (QED) is 0.856. The summed E-state index contributed by atoms with van der Waals surface area (Å²) >= 11 is 0. The summed E-state index contributed by atoms with van der Waals surface area (Å²) in [4.78, 5) is 0. The Morgan fingerprint density at radius 2 is 1.62 bits per heavy atom. The van der Waals surface area contributed by atoms with Gasteiger partial charge in [0, 0.05) is 6.04 Å². The second-order valence-corrected chi connectivity index (χ2v) is 5.39. The molecule has 21 heavy (non-hydrogen) atoms. The Morgan fingerprint density at radius 3 is 2.29 bits per heavy atom.